The van der Waals surface area contributed by atoms with Gasteiger partial charge in [0.15, 0.2) is 0 Å². The Balaban J connectivity index is 2.50. The van der Waals surface area contributed by atoms with Gasteiger partial charge in [-0.3, -0.25) is 4.79 Å². The molecular weight excluding hydrogens is 196 g/mol. The van der Waals surface area contributed by atoms with Crippen molar-refractivity contribution in [2.75, 3.05) is 0 Å². The monoisotopic (exact) mass is 216 g/mol. The number of thiol groups is 1. The van der Waals surface area contributed by atoms with Gasteiger partial charge in [0, 0.05) is 5.25 Å². The standard InChI is InChI=1S/C11H20O2S/c1-11(2,3)13-10(12)8-6-4-5-7-9(8)14/h8-9,14H,4-7H2,1-3H3. The van der Waals surface area contributed by atoms with Crippen LogP contribution in [0.5, 0.6) is 0 Å². The highest BCUT2D eigenvalue weighted by Gasteiger charge is 2.31. The highest BCUT2D eigenvalue weighted by Crippen LogP contribution is 2.30. The Morgan fingerprint density at radius 2 is 1.86 bits per heavy atom. The molecular formula is C11H20O2S. The molecule has 0 spiro atoms. The van der Waals surface area contributed by atoms with E-state index in [-0.39, 0.29) is 22.7 Å². The highest BCUT2D eigenvalue weighted by atomic mass is 32.1. The molecule has 2 atom stereocenters. The van der Waals surface area contributed by atoms with Crippen molar-refractivity contribution in [1.29, 1.82) is 0 Å². The molecule has 0 heterocycles. The van der Waals surface area contributed by atoms with Gasteiger partial charge in [0.05, 0.1) is 5.92 Å². The second-order valence-electron chi connectivity index (χ2n) is 4.99. The maximum absolute atomic E-state index is 11.8. The molecule has 0 aliphatic heterocycles. The molecule has 2 nitrogen and oxygen atoms in total. The quantitative estimate of drug-likeness (QED) is 0.539. The number of carbonyl (C=O) groups excluding carboxylic acids is 1. The summed E-state index contributed by atoms with van der Waals surface area (Å²) in [7, 11) is 0. The van der Waals surface area contributed by atoms with Crippen molar-refractivity contribution in [2.45, 2.75) is 57.3 Å². The number of hydrogen-bond acceptors (Lipinski definition) is 3. The predicted octanol–water partition coefficient (Wildman–Crippen LogP) is 2.82. The molecule has 82 valence electrons. The first-order chi connectivity index (χ1) is 6.40. The Labute approximate surface area is 91.8 Å². The number of esters is 1. The number of carbonyl (C=O) groups is 1. The first kappa shape index (κ1) is 11.9. The molecule has 0 aromatic heterocycles. The van der Waals surface area contributed by atoms with Crippen LogP contribution in [0.25, 0.3) is 0 Å². The summed E-state index contributed by atoms with van der Waals surface area (Å²) in [6, 6.07) is 0. The van der Waals surface area contributed by atoms with E-state index in [0.717, 1.165) is 19.3 Å². The van der Waals surface area contributed by atoms with Gasteiger partial charge < -0.3 is 4.74 Å². The lowest BCUT2D eigenvalue weighted by molar-refractivity contribution is -0.160. The van der Waals surface area contributed by atoms with Gasteiger partial charge in [-0.15, -0.1) is 0 Å². The van der Waals surface area contributed by atoms with Crippen molar-refractivity contribution < 1.29 is 9.53 Å². The largest absolute Gasteiger partial charge is 0.460 e. The van der Waals surface area contributed by atoms with Crippen LogP contribution < -0.4 is 0 Å². The number of rotatable bonds is 1. The van der Waals surface area contributed by atoms with Crippen LogP contribution in [0.3, 0.4) is 0 Å². The third-order valence-corrected chi connectivity index (χ3v) is 3.06. The number of hydrogen-bond donors (Lipinski definition) is 1. The summed E-state index contributed by atoms with van der Waals surface area (Å²) in [5, 5.41) is 0.193. The summed E-state index contributed by atoms with van der Waals surface area (Å²) >= 11 is 4.44. The van der Waals surface area contributed by atoms with Gasteiger partial charge in [0.2, 0.25) is 0 Å². The zero-order valence-corrected chi connectivity index (χ0v) is 10.1. The molecule has 1 rings (SSSR count). The molecule has 1 aliphatic rings. The van der Waals surface area contributed by atoms with Crippen LogP contribution in [0.15, 0.2) is 0 Å². The molecule has 1 aliphatic carbocycles. The molecule has 0 amide bonds. The zero-order chi connectivity index (χ0) is 10.8. The number of ether oxygens (including phenoxy) is 1. The Morgan fingerprint density at radius 1 is 1.29 bits per heavy atom. The van der Waals surface area contributed by atoms with E-state index in [2.05, 4.69) is 12.6 Å². The summed E-state index contributed by atoms with van der Waals surface area (Å²) < 4.78 is 5.36. The van der Waals surface area contributed by atoms with E-state index in [1.807, 2.05) is 20.8 Å². The van der Waals surface area contributed by atoms with E-state index in [1.54, 1.807) is 0 Å². The second kappa shape index (κ2) is 4.56. The smallest absolute Gasteiger partial charge is 0.310 e. The topological polar surface area (TPSA) is 26.3 Å². The van der Waals surface area contributed by atoms with E-state index in [4.69, 9.17) is 4.74 Å². The maximum atomic E-state index is 11.8. The minimum absolute atomic E-state index is 0.00584. The Hall–Kier alpha value is -0.180. The molecule has 0 saturated heterocycles. The van der Waals surface area contributed by atoms with E-state index < -0.39 is 0 Å². The van der Waals surface area contributed by atoms with Crippen LogP contribution in [0, 0.1) is 5.92 Å². The zero-order valence-electron chi connectivity index (χ0n) is 9.25. The molecule has 0 aromatic carbocycles. The van der Waals surface area contributed by atoms with Crippen molar-refractivity contribution in [1.82, 2.24) is 0 Å². The minimum atomic E-state index is -0.373. The summed E-state index contributed by atoms with van der Waals surface area (Å²) in [5.74, 6) is -0.0662. The van der Waals surface area contributed by atoms with E-state index in [1.165, 1.54) is 6.42 Å². The van der Waals surface area contributed by atoms with Crippen molar-refractivity contribution in [3.8, 4) is 0 Å². The molecule has 2 unspecified atom stereocenters. The fourth-order valence-electron chi connectivity index (χ4n) is 1.76. The minimum Gasteiger partial charge on any atom is -0.460 e. The van der Waals surface area contributed by atoms with Crippen molar-refractivity contribution in [2.24, 2.45) is 5.92 Å². The maximum Gasteiger partial charge on any atom is 0.310 e. The van der Waals surface area contributed by atoms with Gasteiger partial charge in [0.1, 0.15) is 5.60 Å². The fourth-order valence-corrected chi connectivity index (χ4v) is 2.22. The predicted molar refractivity (Wildman–Crippen MR) is 60.6 cm³/mol. The highest BCUT2D eigenvalue weighted by molar-refractivity contribution is 7.81. The normalized spacial score (nSPS) is 28.6. The molecule has 0 bridgehead atoms. The molecule has 1 fully saturated rings. The lowest BCUT2D eigenvalue weighted by Gasteiger charge is -2.29. The molecule has 14 heavy (non-hydrogen) atoms. The van der Waals surface area contributed by atoms with E-state index >= 15 is 0 Å². The Kier molecular flexibility index (Phi) is 3.87. The summed E-state index contributed by atoms with van der Waals surface area (Å²) in [4.78, 5) is 11.8. The van der Waals surface area contributed by atoms with Crippen LogP contribution >= 0.6 is 12.6 Å². The van der Waals surface area contributed by atoms with Crippen LogP contribution in [0.1, 0.15) is 46.5 Å². The third-order valence-electron chi connectivity index (χ3n) is 2.44. The van der Waals surface area contributed by atoms with Gasteiger partial charge in [0.25, 0.3) is 0 Å². The van der Waals surface area contributed by atoms with E-state index in [9.17, 15) is 4.79 Å². The Bertz CT molecular complexity index is 208. The summed E-state index contributed by atoms with van der Waals surface area (Å²) in [5.41, 5.74) is -0.373. The van der Waals surface area contributed by atoms with Gasteiger partial charge in [-0.1, -0.05) is 12.8 Å². The second-order valence-corrected chi connectivity index (χ2v) is 5.66. The summed E-state index contributed by atoms with van der Waals surface area (Å²) in [6.07, 6.45) is 4.28. The molecule has 0 N–H and O–H groups in total. The molecule has 0 aromatic rings. The van der Waals surface area contributed by atoms with Crippen LogP contribution in [0.4, 0.5) is 0 Å². The van der Waals surface area contributed by atoms with Gasteiger partial charge in [-0.25, -0.2) is 0 Å². The fraction of sp³-hybridized carbons (Fsp3) is 0.909. The molecule has 0 radical (unpaired) electrons. The summed E-state index contributed by atoms with van der Waals surface area (Å²) in [6.45, 7) is 5.71. The van der Waals surface area contributed by atoms with Gasteiger partial charge >= 0.3 is 5.97 Å². The van der Waals surface area contributed by atoms with Crippen LogP contribution in [-0.4, -0.2) is 16.8 Å². The third kappa shape index (κ3) is 3.52. The van der Waals surface area contributed by atoms with Crippen LogP contribution in [-0.2, 0) is 9.53 Å². The average molecular weight is 216 g/mol. The Morgan fingerprint density at radius 3 is 2.36 bits per heavy atom. The average Bonchev–Trinajstić information content (AvgIpc) is 2.01. The van der Waals surface area contributed by atoms with Crippen molar-refractivity contribution in [3.05, 3.63) is 0 Å². The first-order valence-electron chi connectivity index (χ1n) is 5.31. The van der Waals surface area contributed by atoms with Gasteiger partial charge in [-0.05, 0) is 33.6 Å². The SMILES string of the molecule is CC(C)(C)OC(=O)C1CCCCC1S. The first-order valence-corrected chi connectivity index (χ1v) is 5.83. The molecule has 3 heteroatoms. The van der Waals surface area contributed by atoms with Crippen LogP contribution in [0.2, 0.25) is 0 Å². The van der Waals surface area contributed by atoms with E-state index in [0.29, 0.717) is 0 Å². The van der Waals surface area contributed by atoms with Gasteiger partial charge in [-0.2, -0.15) is 12.6 Å². The lowest BCUT2D eigenvalue weighted by Crippen LogP contribution is -2.34. The lowest BCUT2D eigenvalue weighted by atomic mass is 9.88. The van der Waals surface area contributed by atoms with Crippen molar-refractivity contribution >= 4 is 18.6 Å². The molecule has 1 saturated carbocycles. The van der Waals surface area contributed by atoms with Crippen molar-refractivity contribution in [3.63, 3.8) is 0 Å².